The van der Waals surface area contributed by atoms with Gasteiger partial charge in [-0.05, 0) is 70.5 Å². The fourth-order valence-corrected chi connectivity index (χ4v) is 6.14. The Bertz CT molecular complexity index is 2090. The number of rotatable bonds is 8. The van der Waals surface area contributed by atoms with Gasteiger partial charge in [0.05, 0.1) is 36.7 Å². The summed E-state index contributed by atoms with van der Waals surface area (Å²) >= 11 is 10.7. The Hall–Kier alpha value is -3.93. The molecule has 43 heavy (non-hydrogen) atoms. The van der Waals surface area contributed by atoms with Gasteiger partial charge >= 0.3 is 0 Å². The molecule has 0 aliphatic carbocycles. The van der Waals surface area contributed by atoms with Crippen LogP contribution in [0.5, 0.6) is 17.2 Å². The maximum absolute atomic E-state index is 13.7. The largest absolute Gasteiger partial charge is 0.496 e. The van der Waals surface area contributed by atoms with Crippen molar-refractivity contribution in [3.63, 3.8) is 0 Å². The van der Waals surface area contributed by atoms with Gasteiger partial charge in [-0.2, -0.15) is 9.78 Å². The van der Waals surface area contributed by atoms with E-state index >= 15 is 0 Å². The molecule has 0 radical (unpaired) electrons. The van der Waals surface area contributed by atoms with E-state index in [-0.39, 0.29) is 11.4 Å². The molecular weight excluding hydrogens is 746 g/mol. The second-order valence-corrected chi connectivity index (χ2v) is 12.0. The number of nitrogens with zero attached hydrogens (tertiary/aromatic N) is 3. The zero-order valence-electron chi connectivity index (χ0n) is 22.8. The molecule has 0 unspecified atom stereocenters. The maximum Gasteiger partial charge on any atom is 0.282 e. The molecule has 6 aromatic rings. The third kappa shape index (κ3) is 5.84. The molecule has 11 heteroatoms. The summed E-state index contributed by atoms with van der Waals surface area (Å²) in [4.78, 5) is 18.4. The highest BCUT2D eigenvalue weighted by Crippen LogP contribution is 2.35. The SMILES string of the molecule is COc1cc(C=Nn2c(-c3cc4c(OC)cccc4o3)nc3ccccc3c2=O)c(Br)cc1OCc1ccc(Br)cc1Br. The molecule has 0 aliphatic heterocycles. The number of furan rings is 1. The third-order valence-corrected chi connectivity index (χ3v) is 8.63. The van der Waals surface area contributed by atoms with Gasteiger partial charge in [0, 0.05) is 24.5 Å². The minimum atomic E-state index is -0.340. The van der Waals surface area contributed by atoms with Crippen molar-refractivity contribution in [2.24, 2.45) is 5.10 Å². The van der Waals surface area contributed by atoms with Crippen LogP contribution in [0, 0.1) is 0 Å². The standard InChI is InChI=1S/C32H22Br3N3O5/c1-40-26-8-5-9-27-22(26)14-30(43-27)31-37-25-7-4-3-6-21(25)32(39)38(31)36-16-19-12-28(41-2)29(15-24(19)35)42-17-18-10-11-20(33)13-23(18)34/h3-16H,17H2,1-2H3. The number of hydrogen-bond donors (Lipinski definition) is 0. The number of benzene rings is 4. The van der Waals surface area contributed by atoms with Gasteiger partial charge in [-0.3, -0.25) is 4.79 Å². The number of para-hydroxylation sites is 1. The first-order valence-electron chi connectivity index (χ1n) is 12.9. The lowest BCUT2D eigenvalue weighted by atomic mass is 10.2. The minimum Gasteiger partial charge on any atom is -0.496 e. The van der Waals surface area contributed by atoms with Crippen LogP contribution in [0.2, 0.25) is 0 Å². The molecular formula is C32H22Br3N3O5. The van der Waals surface area contributed by atoms with Crippen molar-refractivity contribution in [2.45, 2.75) is 6.61 Å². The van der Waals surface area contributed by atoms with E-state index in [0.717, 1.165) is 19.9 Å². The number of aromatic nitrogens is 2. The number of methoxy groups -OCH3 is 2. The topological polar surface area (TPSA) is 88.1 Å². The molecule has 0 N–H and O–H groups in total. The molecule has 0 bridgehead atoms. The molecule has 0 amide bonds. The number of ether oxygens (including phenoxy) is 3. The van der Waals surface area contributed by atoms with Crippen molar-refractivity contribution in [3.05, 3.63) is 114 Å². The van der Waals surface area contributed by atoms with Crippen LogP contribution >= 0.6 is 47.8 Å². The summed E-state index contributed by atoms with van der Waals surface area (Å²) in [6.07, 6.45) is 1.56. The van der Waals surface area contributed by atoms with Crippen LogP contribution in [0.3, 0.4) is 0 Å². The summed E-state index contributed by atoms with van der Waals surface area (Å²) < 4.78 is 27.2. The Morgan fingerprint density at radius 3 is 2.47 bits per heavy atom. The van der Waals surface area contributed by atoms with Crippen molar-refractivity contribution in [1.29, 1.82) is 0 Å². The van der Waals surface area contributed by atoms with Gasteiger partial charge in [-0.1, -0.05) is 56.1 Å². The van der Waals surface area contributed by atoms with E-state index in [4.69, 9.17) is 23.6 Å². The van der Waals surface area contributed by atoms with Crippen LogP contribution in [-0.4, -0.2) is 30.1 Å². The Kier molecular flexibility index (Phi) is 8.38. The lowest BCUT2D eigenvalue weighted by Gasteiger charge is -2.14. The lowest BCUT2D eigenvalue weighted by molar-refractivity contribution is 0.283. The highest BCUT2D eigenvalue weighted by atomic mass is 79.9. The Labute approximate surface area is 271 Å². The van der Waals surface area contributed by atoms with E-state index in [1.807, 2.05) is 42.5 Å². The third-order valence-electron chi connectivity index (χ3n) is 6.71. The molecule has 216 valence electrons. The molecule has 0 saturated carbocycles. The highest BCUT2D eigenvalue weighted by Gasteiger charge is 2.18. The fourth-order valence-electron chi connectivity index (χ4n) is 4.55. The monoisotopic (exact) mass is 765 g/mol. The first-order chi connectivity index (χ1) is 20.9. The van der Waals surface area contributed by atoms with Crippen molar-refractivity contribution < 1.29 is 18.6 Å². The van der Waals surface area contributed by atoms with Crippen molar-refractivity contribution >= 4 is 75.9 Å². The molecule has 0 atom stereocenters. The van der Waals surface area contributed by atoms with Gasteiger partial charge in [-0.15, -0.1) is 0 Å². The quantitative estimate of drug-likeness (QED) is 0.144. The van der Waals surface area contributed by atoms with Crippen LogP contribution < -0.4 is 19.8 Å². The molecule has 4 aromatic carbocycles. The first kappa shape index (κ1) is 29.2. The van der Waals surface area contributed by atoms with Crippen LogP contribution in [0.1, 0.15) is 11.1 Å². The molecule has 0 saturated heterocycles. The summed E-state index contributed by atoms with van der Waals surface area (Å²) in [6, 6.07) is 23.9. The maximum atomic E-state index is 13.7. The van der Waals surface area contributed by atoms with Gasteiger partial charge < -0.3 is 18.6 Å². The normalized spacial score (nSPS) is 11.5. The summed E-state index contributed by atoms with van der Waals surface area (Å²) in [5, 5.41) is 5.77. The molecule has 0 aliphatic rings. The number of fused-ring (bicyclic) bond motifs is 2. The zero-order chi connectivity index (χ0) is 30.1. The average Bonchev–Trinajstić information content (AvgIpc) is 3.45. The molecule has 8 nitrogen and oxygen atoms in total. The smallest absolute Gasteiger partial charge is 0.282 e. The summed E-state index contributed by atoms with van der Waals surface area (Å²) in [5.41, 5.74) is 2.43. The highest BCUT2D eigenvalue weighted by molar-refractivity contribution is 9.11. The van der Waals surface area contributed by atoms with Crippen LogP contribution in [0.15, 0.2) is 107 Å². The molecule has 2 aromatic heterocycles. The average molecular weight is 768 g/mol. The Morgan fingerprint density at radius 1 is 0.860 bits per heavy atom. The van der Waals surface area contributed by atoms with Gasteiger partial charge in [-0.25, -0.2) is 4.98 Å². The van der Waals surface area contributed by atoms with E-state index in [1.165, 1.54) is 4.68 Å². The molecule has 0 spiro atoms. The van der Waals surface area contributed by atoms with Gasteiger partial charge in [0.15, 0.2) is 17.3 Å². The van der Waals surface area contributed by atoms with Crippen molar-refractivity contribution in [3.8, 4) is 28.8 Å². The predicted octanol–water partition coefficient (Wildman–Crippen LogP) is 8.58. The van der Waals surface area contributed by atoms with Crippen LogP contribution in [0.4, 0.5) is 0 Å². The van der Waals surface area contributed by atoms with Gasteiger partial charge in [0.2, 0.25) is 5.82 Å². The summed E-state index contributed by atoms with van der Waals surface area (Å²) in [6.45, 7) is 0.327. The molecule has 0 fully saturated rings. The van der Waals surface area contributed by atoms with E-state index in [0.29, 0.717) is 56.1 Å². The number of halogens is 3. The summed E-state index contributed by atoms with van der Waals surface area (Å²) in [7, 11) is 3.16. The predicted molar refractivity (Wildman–Crippen MR) is 178 cm³/mol. The van der Waals surface area contributed by atoms with E-state index in [9.17, 15) is 4.79 Å². The van der Waals surface area contributed by atoms with Crippen molar-refractivity contribution in [2.75, 3.05) is 14.2 Å². The Balaban J connectivity index is 1.40. The van der Waals surface area contributed by atoms with E-state index < -0.39 is 0 Å². The first-order valence-corrected chi connectivity index (χ1v) is 15.3. The minimum absolute atomic E-state index is 0.251. The fraction of sp³-hybridized carbons (Fsp3) is 0.0938. The summed E-state index contributed by atoms with van der Waals surface area (Å²) in [5.74, 6) is 2.33. The zero-order valence-corrected chi connectivity index (χ0v) is 27.6. The van der Waals surface area contributed by atoms with Crippen LogP contribution in [-0.2, 0) is 6.61 Å². The second kappa shape index (κ2) is 12.4. The van der Waals surface area contributed by atoms with E-state index in [1.54, 1.807) is 56.8 Å². The van der Waals surface area contributed by atoms with Crippen molar-refractivity contribution in [1.82, 2.24) is 9.66 Å². The second-order valence-electron chi connectivity index (χ2n) is 9.35. The Morgan fingerprint density at radius 2 is 1.67 bits per heavy atom. The molecule has 6 rings (SSSR count). The van der Waals surface area contributed by atoms with E-state index in [2.05, 4.69) is 52.9 Å². The molecule has 2 heterocycles. The van der Waals surface area contributed by atoms with Gasteiger partial charge in [0.1, 0.15) is 17.9 Å². The lowest BCUT2D eigenvalue weighted by Crippen LogP contribution is -2.20. The van der Waals surface area contributed by atoms with Crippen LogP contribution in [0.25, 0.3) is 33.5 Å². The number of hydrogen-bond acceptors (Lipinski definition) is 7. The van der Waals surface area contributed by atoms with Gasteiger partial charge in [0.25, 0.3) is 5.56 Å².